The number of sulfonamides is 1. The van der Waals surface area contributed by atoms with Crippen molar-refractivity contribution >= 4 is 54.6 Å². The molecule has 4 rings (SSSR count). The van der Waals surface area contributed by atoms with Gasteiger partial charge in [0.25, 0.3) is 5.69 Å². The summed E-state index contributed by atoms with van der Waals surface area (Å²) in [4.78, 5) is 15.6. The molecule has 0 unspecified atom stereocenters. The van der Waals surface area contributed by atoms with E-state index in [1.165, 1.54) is 6.07 Å². The molecule has 4 aromatic rings. The molecule has 0 amide bonds. The van der Waals surface area contributed by atoms with Gasteiger partial charge in [-0.15, -0.1) is 0 Å². The molecule has 0 radical (unpaired) electrons. The molecule has 8 nitrogen and oxygen atoms in total. The van der Waals surface area contributed by atoms with E-state index in [1.807, 2.05) is 24.3 Å². The van der Waals surface area contributed by atoms with Crippen LogP contribution in [0.25, 0.3) is 21.8 Å². The summed E-state index contributed by atoms with van der Waals surface area (Å²) in [6, 6.07) is 17.6. The van der Waals surface area contributed by atoms with E-state index in [9.17, 15) is 18.5 Å². The van der Waals surface area contributed by atoms with Crippen LogP contribution in [0.5, 0.6) is 0 Å². The number of hydrogen-bond acceptors (Lipinski definition) is 6. The molecule has 0 bridgehead atoms. The van der Waals surface area contributed by atoms with Crippen molar-refractivity contribution in [2.75, 3.05) is 16.3 Å². The van der Waals surface area contributed by atoms with E-state index < -0.39 is 14.9 Å². The van der Waals surface area contributed by atoms with Crippen molar-refractivity contribution in [2.45, 2.75) is 6.92 Å². The van der Waals surface area contributed by atoms with E-state index in [2.05, 4.69) is 15.0 Å². The molecule has 0 aliphatic rings. The number of nitro groups is 1. The summed E-state index contributed by atoms with van der Waals surface area (Å²) in [5, 5.41) is 16.3. The van der Waals surface area contributed by atoms with Gasteiger partial charge in [0.2, 0.25) is 10.0 Å². The molecule has 3 aromatic carbocycles. The van der Waals surface area contributed by atoms with Gasteiger partial charge in [-0.25, -0.2) is 13.4 Å². The van der Waals surface area contributed by atoms with Gasteiger partial charge in [-0.2, -0.15) is 0 Å². The fourth-order valence-electron chi connectivity index (χ4n) is 3.40. The zero-order chi connectivity index (χ0) is 21.5. The van der Waals surface area contributed by atoms with Crippen LogP contribution in [-0.4, -0.2) is 24.6 Å². The van der Waals surface area contributed by atoms with Crippen molar-refractivity contribution in [2.24, 2.45) is 0 Å². The number of fused-ring (bicyclic) bond motifs is 2. The van der Waals surface area contributed by atoms with Crippen LogP contribution in [0.2, 0.25) is 0 Å². The first-order chi connectivity index (χ1) is 14.2. The Labute approximate surface area is 172 Å². The molecule has 0 saturated heterocycles. The Kier molecular flexibility index (Phi) is 4.75. The Morgan fingerprint density at radius 2 is 1.60 bits per heavy atom. The Morgan fingerprint density at radius 3 is 2.27 bits per heavy atom. The van der Waals surface area contributed by atoms with Gasteiger partial charge in [0.1, 0.15) is 0 Å². The third-order valence-corrected chi connectivity index (χ3v) is 5.34. The van der Waals surface area contributed by atoms with Gasteiger partial charge in [-0.3, -0.25) is 14.8 Å². The second kappa shape index (κ2) is 7.27. The van der Waals surface area contributed by atoms with Crippen LogP contribution in [0.1, 0.15) is 5.56 Å². The number of nitrogens with one attached hydrogen (secondary N) is 2. The number of anilines is 3. The summed E-state index contributed by atoms with van der Waals surface area (Å²) in [5.74, 6) is 0. The number of rotatable bonds is 5. The minimum atomic E-state index is -3.36. The SMILES string of the molecule is Cc1c([N+](=O)[O-])ccc2c(Nc3ccc(NS(C)(=O)=O)cc3)c3ccccc3nc12. The summed E-state index contributed by atoms with van der Waals surface area (Å²) in [7, 11) is -3.36. The number of pyridine rings is 1. The second-order valence-electron chi connectivity index (χ2n) is 6.94. The maximum atomic E-state index is 11.4. The summed E-state index contributed by atoms with van der Waals surface area (Å²) < 4.78 is 25.2. The number of para-hydroxylation sites is 1. The number of nitrogens with zero attached hydrogens (tertiary/aromatic N) is 2. The first kappa shape index (κ1) is 19.6. The fraction of sp³-hybridized carbons (Fsp3) is 0.0952. The molecular formula is C21H18N4O4S. The van der Waals surface area contributed by atoms with Crippen LogP contribution in [-0.2, 0) is 10.0 Å². The molecule has 0 atom stereocenters. The van der Waals surface area contributed by atoms with Crippen molar-refractivity contribution in [1.82, 2.24) is 4.98 Å². The van der Waals surface area contributed by atoms with Crippen LogP contribution >= 0.6 is 0 Å². The topological polar surface area (TPSA) is 114 Å². The molecule has 0 fully saturated rings. The van der Waals surface area contributed by atoms with E-state index in [0.717, 1.165) is 28.4 Å². The molecule has 2 N–H and O–H groups in total. The maximum Gasteiger partial charge on any atom is 0.274 e. The third-order valence-electron chi connectivity index (χ3n) is 4.73. The monoisotopic (exact) mass is 422 g/mol. The van der Waals surface area contributed by atoms with Crippen molar-refractivity contribution in [1.29, 1.82) is 0 Å². The summed E-state index contributed by atoms with van der Waals surface area (Å²) in [5.41, 5.74) is 3.76. The highest BCUT2D eigenvalue weighted by Gasteiger charge is 2.18. The zero-order valence-corrected chi connectivity index (χ0v) is 17.0. The molecule has 0 aliphatic heterocycles. The Morgan fingerprint density at radius 1 is 0.933 bits per heavy atom. The molecular weight excluding hydrogens is 404 g/mol. The first-order valence-corrected chi connectivity index (χ1v) is 10.9. The summed E-state index contributed by atoms with van der Waals surface area (Å²) in [6.07, 6.45) is 1.09. The summed E-state index contributed by atoms with van der Waals surface area (Å²) in [6.45, 7) is 1.69. The largest absolute Gasteiger partial charge is 0.354 e. The maximum absolute atomic E-state index is 11.4. The lowest BCUT2D eigenvalue weighted by Crippen LogP contribution is -2.09. The van der Waals surface area contributed by atoms with Crippen LogP contribution in [0, 0.1) is 17.0 Å². The third kappa shape index (κ3) is 3.74. The average Bonchev–Trinajstić information content (AvgIpc) is 2.68. The highest BCUT2D eigenvalue weighted by molar-refractivity contribution is 7.92. The molecule has 0 spiro atoms. The van der Waals surface area contributed by atoms with Crippen LogP contribution in [0.15, 0.2) is 60.7 Å². The van der Waals surface area contributed by atoms with Crippen LogP contribution in [0.4, 0.5) is 22.7 Å². The minimum absolute atomic E-state index is 0.0208. The minimum Gasteiger partial charge on any atom is -0.354 e. The van der Waals surface area contributed by atoms with Gasteiger partial charge in [-0.05, 0) is 43.3 Å². The van der Waals surface area contributed by atoms with E-state index in [4.69, 9.17) is 0 Å². The molecule has 30 heavy (non-hydrogen) atoms. The van der Waals surface area contributed by atoms with Crippen molar-refractivity contribution < 1.29 is 13.3 Å². The van der Waals surface area contributed by atoms with Crippen molar-refractivity contribution in [3.8, 4) is 0 Å². The number of benzene rings is 3. The number of nitro benzene ring substituents is 1. The molecule has 1 aromatic heterocycles. The molecule has 1 heterocycles. The Bertz CT molecular complexity index is 1400. The normalized spacial score (nSPS) is 11.5. The van der Waals surface area contributed by atoms with Gasteiger partial charge < -0.3 is 5.32 Å². The summed E-state index contributed by atoms with van der Waals surface area (Å²) >= 11 is 0. The van der Waals surface area contributed by atoms with Crippen molar-refractivity contribution in [3.63, 3.8) is 0 Å². The average molecular weight is 422 g/mol. The number of hydrogen-bond donors (Lipinski definition) is 2. The smallest absolute Gasteiger partial charge is 0.274 e. The fourth-order valence-corrected chi connectivity index (χ4v) is 3.96. The van der Waals surface area contributed by atoms with Crippen LogP contribution < -0.4 is 10.0 Å². The standard InChI is InChI=1S/C21H18N4O4S/c1-13-19(25(26)27)12-11-17-20(13)23-18-6-4-3-5-16(18)21(17)22-14-7-9-15(10-8-14)24-30(2,28)29/h3-12,24H,1-2H3,(H,22,23). The van der Waals surface area contributed by atoms with Gasteiger partial charge in [0.05, 0.1) is 33.5 Å². The highest BCUT2D eigenvalue weighted by atomic mass is 32.2. The quantitative estimate of drug-likeness (QED) is 0.273. The van der Waals surface area contributed by atoms with E-state index >= 15 is 0 Å². The van der Waals surface area contributed by atoms with Gasteiger partial charge in [0, 0.05) is 28.2 Å². The molecule has 0 aliphatic carbocycles. The van der Waals surface area contributed by atoms with Crippen molar-refractivity contribution in [3.05, 3.63) is 76.3 Å². The molecule has 9 heteroatoms. The highest BCUT2D eigenvalue weighted by Crippen LogP contribution is 2.37. The predicted octanol–water partition coefficient (Wildman–Crippen LogP) is 4.72. The number of aromatic nitrogens is 1. The first-order valence-electron chi connectivity index (χ1n) is 9.04. The molecule has 0 saturated carbocycles. The molecule has 152 valence electrons. The number of aryl methyl sites for hydroxylation is 1. The zero-order valence-electron chi connectivity index (χ0n) is 16.2. The Hall–Kier alpha value is -3.72. The van der Waals surface area contributed by atoms with E-state index in [1.54, 1.807) is 37.3 Å². The van der Waals surface area contributed by atoms with E-state index in [-0.39, 0.29) is 5.69 Å². The lowest BCUT2D eigenvalue weighted by atomic mass is 10.0. The predicted molar refractivity (Wildman–Crippen MR) is 119 cm³/mol. The van der Waals surface area contributed by atoms with Gasteiger partial charge >= 0.3 is 0 Å². The van der Waals surface area contributed by atoms with Gasteiger partial charge in [0.15, 0.2) is 0 Å². The van der Waals surface area contributed by atoms with E-state index in [0.29, 0.717) is 22.3 Å². The van der Waals surface area contributed by atoms with Gasteiger partial charge in [-0.1, -0.05) is 18.2 Å². The Balaban J connectivity index is 1.86. The lowest BCUT2D eigenvalue weighted by molar-refractivity contribution is -0.385. The second-order valence-corrected chi connectivity index (χ2v) is 8.69. The lowest BCUT2D eigenvalue weighted by Gasteiger charge is -2.15. The van der Waals surface area contributed by atoms with Crippen LogP contribution in [0.3, 0.4) is 0 Å².